The zero-order valence-corrected chi connectivity index (χ0v) is 14.5. The number of hydrogen-bond acceptors (Lipinski definition) is 6. The third-order valence-electron chi connectivity index (χ3n) is 3.12. The lowest BCUT2D eigenvalue weighted by atomic mass is 10.4. The van der Waals surface area contributed by atoms with Gasteiger partial charge in [-0.15, -0.1) is 22.7 Å². The van der Waals surface area contributed by atoms with Crippen LogP contribution in [-0.4, -0.2) is 26.7 Å². The van der Waals surface area contributed by atoms with E-state index in [1.165, 1.54) is 11.3 Å². The molecule has 3 aromatic heterocycles. The van der Waals surface area contributed by atoms with E-state index in [0.29, 0.717) is 12.2 Å². The van der Waals surface area contributed by atoms with Gasteiger partial charge in [-0.25, -0.2) is 9.97 Å². The van der Waals surface area contributed by atoms with Crippen LogP contribution in [0.4, 0.5) is 0 Å². The van der Waals surface area contributed by atoms with Crippen LogP contribution in [-0.2, 0) is 13.6 Å². The van der Waals surface area contributed by atoms with Gasteiger partial charge in [-0.3, -0.25) is 4.79 Å². The smallest absolute Gasteiger partial charge is 0.271 e. The zero-order valence-electron chi connectivity index (χ0n) is 12.1. The molecule has 0 fully saturated rings. The molecule has 0 bridgehead atoms. The molecule has 0 aliphatic heterocycles. The lowest BCUT2D eigenvalue weighted by Gasteiger charge is -2.05. The molecule has 0 spiro atoms. The van der Waals surface area contributed by atoms with Crippen LogP contribution in [0.1, 0.15) is 16.2 Å². The molecule has 114 valence electrons. The largest absolute Gasteiger partial charge is 0.345 e. The number of hydrogen-bond donors (Lipinski definition) is 1. The van der Waals surface area contributed by atoms with E-state index in [2.05, 4.69) is 15.3 Å². The number of nitrogens with one attached hydrogen (secondary N) is 1. The molecule has 0 aliphatic rings. The minimum atomic E-state index is -0.161. The average molecular weight is 350 g/mol. The predicted octanol–water partition coefficient (Wildman–Crippen LogP) is 3.26. The number of rotatable bonds is 5. The van der Waals surface area contributed by atoms with Crippen LogP contribution in [0, 0.1) is 0 Å². The van der Waals surface area contributed by atoms with Crippen LogP contribution >= 0.6 is 34.4 Å². The van der Waals surface area contributed by atoms with Gasteiger partial charge in [0.05, 0.1) is 23.3 Å². The monoisotopic (exact) mass is 350 g/mol. The molecule has 0 unspecified atom stereocenters. The SMILES string of the molecule is CSc1ncc(CNC(=O)c2csc(-c3cccs3)n2)n1C. The summed E-state index contributed by atoms with van der Waals surface area (Å²) in [5.74, 6) is -0.161. The summed E-state index contributed by atoms with van der Waals surface area (Å²) in [7, 11) is 1.94. The lowest BCUT2D eigenvalue weighted by Crippen LogP contribution is -2.24. The van der Waals surface area contributed by atoms with Crippen LogP contribution in [0.2, 0.25) is 0 Å². The van der Waals surface area contributed by atoms with Gasteiger partial charge in [0.15, 0.2) is 5.16 Å². The first-order chi connectivity index (χ1) is 10.7. The topological polar surface area (TPSA) is 59.8 Å². The highest BCUT2D eigenvalue weighted by Crippen LogP contribution is 2.27. The summed E-state index contributed by atoms with van der Waals surface area (Å²) in [4.78, 5) is 22.0. The van der Waals surface area contributed by atoms with Crippen molar-refractivity contribution in [1.29, 1.82) is 0 Å². The molecule has 3 heterocycles. The van der Waals surface area contributed by atoms with E-state index in [9.17, 15) is 4.79 Å². The molecule has 0 aromatic carbocycles. The van der Waals surface area contributed by atoms with Crippen molar-refractivity contribution >= 4 is 40.3 Å². The number of aromatic nitrogens is 3. The van der Waals surface area contributed by atoms with Crippen molar-refractivity contribution in [3.05, 3.63) is 40.5 Å². The average Bonchev–Trinajstić information content (AvgIpc) is 3.25. The van der Waals surface area contributed by atoms with Gasteiger partial charge >= 0.3 is 0 Å². The maximum atomic E-state index is 12.2. The van der Waals surface area contributed by atoms with Crippen LogP contribution < -0.4 is 5.32 Å². The van der Waals surface area contributed by atoms with Crippen molar-refractivity contribution in [3.63, 3.8) is 0 Å². The second-order valence-electron chi connectivity index (χ2n) is 4.49. The molecule has 3 rings (SSSR count). The Morgan fingerprint density at radius 1 is 1.45 bits per heavy atom. The van der Waals surface area contributed by atoms with Gasteiger partial charge in [-0.2, -0.15) is 0 Å². The second kappa shape index (κ2) is 6.64. The summed E-state index contributed by atoms with van der Waals surface area (Å²) in [6.45, 7) is 0.439. The van der Waals surface area contributed by atoms with E-state index in [0.717, 1.165) is 20.7 Å². The van der Waals surface area contributed by atoms with Gasteiger partial charge in [-0.1, -0.05) is 17.8 Å². The molecule has 5 nitrogen and oxygen atoms in total. The van der Waals surface area contributed by atoms with Crippen molar-refractivity contribution in [2.45, 2.75) is 11.7 Å². The third kappa shape index (κ3) is 3.08. The van der Waals surface area contributed by atoms with Crippen LogP contribution in [0.15, 0.2) is 34.2 Å². The quantitative estimate of drug-likeness (QED) is 0.718. The van der Waals surface area contributed by atoms with Crippen molar-refractivity contribution < 1.29 is 4.79 Å². The van der Waals surface area contributed by atoms with Gasteiger partial charge in [-0.05, 0) is 17.7 Å². The van der Waals surface area contributed by atoms with Gasteiger partial charge in [0.1, 0.15) is 10.7 Å². The Bertz CT molecular complexity index is 776. The number of imidazole rings is 1. The summed E-state index contributed by atoms with van der Waals surface area (Å²) in [6, 6.07) is 3.98. The van der Waals surface area contributed by atoms with Gasteiger partial charge < -0.3 is 9.88 Å². The Labute approximate surface area is 140 Å². The summed E-state index contributed by atoms with van der Waals surface area (Å²) >= 11 is 4.68. The molecule has 3 aromatic rings. The molecule has 0 saturated heterocycles. The molecular formula is C14H14N4OS3. The first-order valence-corrected chi connectivity index (χ1v) is 9.49. The standard InChI is InChI=1S/C14H14N4OS3/c1-18-9(7-16-14(18)20-2)6-15-12(19)10-8-22-13(17-10)11-4-3-5-21-11/h3-5,7-8H,6H2,1-2H3,(H,15,19). The Morgan fingerprint density at radius 2 is 2.32 bits per heavy atom. The minimum absolute atomic E-state index is 0.161. The molecular weight excluding hydrogens is 336 g/mol. The van der Waals surface area contributed by atoms with E-state index in [4.69, 9.17) is 0 Å². The summed E-state index contributed by atoms with van der Waals surface area (Å²) in [5.41, 5.74) is 1.42. The zero-order chi connectivity index (χ0) is 15.5. The molecule has 8 heteroatoms. The fourth-order valence-electron chi connectivity index (χ4n) is 1.93. The highest BCUT2D eigenvalue weighted by molar-refractivity contribution is 7.98. The third-order valence-corrected chi connectivity index (χ3v) is 5.75. The van der Waals surface area contributed by atoms with Crippen molar-refractivity contribution in [3.8, 4) is 9.88 Å². The number of carbonyl (C=O) groups is 1. The van der Waals surface area contributed by atoms with E-state index in [1.54, 1.807) is 34.7 Å². The fraction of sp³-hybridized carbons (Fsp3) is 0.214. The number of thioether (sulfide) groups is 1. The fourth-order valence-corrected chi connectivity index (χ4v) is 4.10. The van der Waals surface area contributed by atoms with Crippen LogP contribution in [0.5, 0.6) is 0 Å². The van der Waals surface area contributed by atoms with Crippen molar-refractivity contribution in [2.75, 3.05) is 6.26 Å². The highest BCUT2D eigenvalue weighted by atomic mass is 32.2. The number of amides is 1. The van der Waals surface area contributed by atoms with E-state index in [1.807, 2.05) is 35.4 Å². The minimum Gasteiger partial charge on any atom is -0.345 e. The Morgan fingerprint density at radius 3 is 3.00 bits per heavy atom. The van der Waals surface area contributed by atoms with Crippen molar-refractivity contribution in [2.24, 2.45) is 7.05 Å². The van der Waals surface area contributed by atoms with Crippen molar-refractivity contribution in [1.82, 2.24) is 19.9 Å². The lowest BCUT2D eigenvalue weighted by molar-refractivity contribution is 0.0946. The molecule has 1 N–H and O–H groups in total. The highest BCUT2D eigenvalue weighted by Gasteiger charge is 2.13. The van der Waals surface area contributed by atoms with Gasteiger partial charge in [0, 0.05) is 12.4 Å². The molecule has 0 radical (unpaired) electrons. The maximum Gasteiger partial charge on any atom is 0.271 e. The van der Waals surface area contributed by atoms with Crippen LogP contribution in [0.25, 0.3) is 9.88 Å². The number of thiazole rings is 1. The number of carbonyl (C=O) groups excluding carboxylic acids is 1. The Hall–Kier alpha value is -1.64. The first kappa shape index (κ1) is 15.3. The normalized spacial score (nSPS) is 10.8. The molecule has 0 aliphatic carbocycles. The molecule has 0 saturated carbocycles. The summed E-state index contributed by atoms with van der Waals surface area (Å²) < 4.78 is 1.98. The van der Waals surface area contributed by atoms with Crippen LogP contribution in [0.3, 0.4) is 0 Å². The maximum absolute atomic E-state index is 12.2. The van der Waals surface area contributed by atoms with Gasteiger partial charge in [0.2, 0.25) is 0 Å². The molecule has 22 heavy (non-hydrogen) atoms. The first-order valence-electron chi connectivity index (χ1n) is 6.51. The van der Waals surface area contributed by atoms with Gasteiger partial charge in [0.25, 0.3) is 5.91 Å². The van der Waals surface area contributed by atoms with E-state index < -0.39 is 0 Å². The molecule has 1 amide bonds. The summed E-state index contributed by atoms with van der Waals surface area (Å²) in [6.07, 6.45) is 3.76. The number of nitrogens with zero attached hydrogens (tertiary/aromatic N) is 3. The van der Waals surface area contributed by atoms with E-state index >= 15 is 0 Å². The summed E-state index contributed by atoms with van der Waals surface area (Å²) in [5, 5.41) is 8.49. The Kier molecular flexibility index (Phi) is 4.60. The van der Waals surface area contributed by atoms with E-state index in [-0.39, 0.29) is 5.91 Å². The number of thiophene rings is 1. The Balaban J connectivity index is 1.66. The molecule has 0 atom stereocenters. The second-order valence-corrected chi connectivity index (χ2v) is 7.07. The predicted molar refractivity (Wildman–Crippen MR) is 91.6 cm³/mol.